The summed E-state index contributed by atoms with van der Waals surface area (Å²) in [5.74, 6) is 0.211. The lowest BCUT2D eigenvalue weighted by Crippen LogP contribution is -2.41. The molecule has 1 aliphatic rings. The van der Waals surface area contributed by atoms with Crippen molar-refractivity contribution in [1.82, 2.24) is 10.2 Å². The van der Waals surface area contributed by atoms with Gasteiger partial charge in [-0.1, -0.05) is 0 Å². The number of rotatable bonds is 6. The zero-order chi connectivity index (χ0) is 10.9. The number of methoxy groups -OCH3 is 1. The van der Waals surface area contributed by atoms with Gasteiger partial charge in [0.2, 0.25) is 5.91 Å². The van der Waals surface area contributed by atoms with E-state index in [1.165, 1.54) is 0 Å². The smallest absolute Gasteiger partial charge is 0.224 e. The van der Waals surface area contributed by atoms with E-state index in [0.717, 1.165) is 26.2 Å². The van der Waals surface area contributed by atoms with Gasteiger partial charge in [0.25, 0.3) is 0 Å². The molecule has 0 spiro atoms. The van der Waals surface area contributed by atoms with Gasteiger partial charge in [0.05, 0.1) is 19.8 Å². The van der Waals surface area contributed by atoms with Gasteiger partial charge in [-0.15, -0.1) is 0 Å². The molecule has 5 nitrogen and oxygen atoms in total. The molecule has 15 heavy (non-hydrogen) atoms. The molecule has 1 amide bonds. The van der Waals surface area contributed by atoms with E-state index in [9.17, 15) is 4.79 Å². The number of hydrogen-bond donors (Lipinski definition) is 1. The van der Waals surface area contributed by atoms with Gasteiger partial charge in [-0.25, -0.2) is 0 Å². The molecule has 1 rings (SSSR count). The average Bonchev–Trinajstić information content (AvgIpc) is 2.30. The van der Waals surface area contributed by atoms with Crippen LogP contribution >= 0.6 is 0 Å². The Labute approximate surface area is 90.7 Å². The van der Waals surface area contributed by atoms with Crippen molar-refractivity contribution in [3.63, 3.8) is 0 Å². The second-order valence-corrected chi connectivity index (χ2v) is 3.49. The Hall–Kier alpha value is -0.650. The van der Waals surface area contributed by atoms with Crippen molar-refractivity contribution in [3.05, 3.63) is 0 Å². The number of ether oxygens (including phenoxy) is 2. The van der Waals surface area contributed by atoms with E-state index >= 15 is 0 Å². The van der Waals surface area contributed by atoms with E-state index < -0.39 is 0 Å². The molecule has 1 saturated heterocycles. The Morgan fingerprint density at radius 3 is 2.80 bits per heavy atom. The van der Waals surface area contributed by atoms with Crippen LogP contribution in [0.25, 0.3) is 0 Å². The van der Waals surface area contributed by atoms with Crippen molar-refractivity contribution >= 4 is 5.91 Å². The monoisotopic (exact) mass is 216 g/mol. The van der Waals surface area contributed by atoms with Gasteiger partial charge in [-0.05, 0) is 0 Å². The highest BCUT2D eigenvalue weighted by atomic mass is 16.5. The fourth-order valence-electron chi connectivity index (χ4n) is 1.47. The summed E-state index contributed by atoms with van der Waals surface area (Å²) in [7, 11) is 1.67. The van der Waals surface area contributed by atoms with Crippen LogP contribution < -0.4 is 5.32 Å². The number of carbonyl (C=O) groups is 1. The molecular formula is C10H20N2O3. The predicted molar refractivity (Wildman–Crippen MR) is 56.8 cm³/mol. The molecule has 1 fully saturated rings. The first-order chi connectivity index (χ1) is 7.34. The quantitative estimate of drug-likeness (QED) is 0.607. The third-order valence-electron chi connectivity index (χ3n) is 2.36. The molecule has 0 unspecified atom stereocenters. The lowest BCUT2D eigenvalue weighted by atomic mass is 10.3. The van der Waals surface area contributed by atoms with E-state index in [0.29, 0.717) is 26.2 Å². The Balaban J connectivity index is 2.02. The zero-order valence-electron chi connectivity index (χ0n) is 9.33. The topological polar surface area (TPSA) is 50.8 Å². The van der Waals surface area contributed by atoms with Gasteiger partial charge in [0.1, 0.15) is 0 Å². The summed E-state index contributed by atoms with van der Waals surface area (Å²) in [6.45, 7) is 5.01. The maximum Gasteiger partial charge on any atom is 0.224 e. The molecule has 0 aromatic carbocycles. The van der Waals surface area contributed by atoms with Crippen LogP contribution in [0.3, 0.4) is 0 Å². The van der Waals surface area contributed by atoms with Crippen molar-refractivity contribution in [1.29, 1.82) is 0 Å². The number of amides is 1. The molecule has 0 aliphatic carbocycles. The van der Waals surface area contributed by atoms with Crippen LogP contribution in [0.15, 0.2) is 0 Å². The van der Waals surface area contributed by atoms with Gasteiger partial charge in [-0.2, -0.15) is 0 Å². The van der Waals surface area contributed by atoms with Crippen LogP contribution in [0.2, 0.25) is 0 Å². The minimum absolute atomic E-state index is 0.211. The second-order valence-electron chi connectivity index (χ2n) is 3.49. The average molecular weight is 216 g/mol. The summed E-state index contributed by atoms with van der Waals surface area (Å²) in [6, 6.07) is 0. The zero-order valence-corrected chi connectivity index (χ0v) is 9.33. The first-order valence-electron chi connectivity index (χ1n) is 5.40. The molecule has 0 bridgehead atoms. The third kappa shape index (κ3) is 5.11. The number of nitrogens with zero attached hydrogens (tertiary/aromatic N) is 1. The molecule has 0 radical (unpaired) electrons. The Morgan fingerprint density at radius 1 is 1.40 bits per heavy atom. The van der Waals surface area contributed by atoms with Crippen LogP contribution in [0.5, 0.6) is 0 Å². The summed E-state index contributed by atoms with van der Waals surface area (Å²) in [6.07, 6.45) is 0.559. The summed E-state index contributed by atoms with van der Waals surface area (Å²) < 4.78 is 10.1. The van der Waals surface area contributed by atoms with Crippen LogP contribution in [0, 0.1) is 0 Å². The number of nitrogens with one attached hydrogen (secondary N) is 1. The van der Waals surface area contributed by atoms with Crippen LogP contribution in [0.1, 0.15) is 6.42 Å². The predicted octanol–water partition coefficient (Wildman–Crippen LogP) is -0.529. The highest BCUT2D eigenvalue weighted by Gasteiger charge is 2.15. The van der Waals surface area contributed by atoms with Gasteiger partial charge in [0, 0.05) is 39.7 Å². The molecule has 0 saturated carbocycles. The molecule has 0 aromatic heterocycles. The van der Waals surface area contributed by atoms with Crippen molar-refractivity contribution < 1.29 is 14.3 Å². The van der Waals surface area contributed by atoms with Gasteiger partial charge < -0.3 is 19.7 Å². The standard InChI is InChI=1S/C10H20N2O3/c1-14-7-4-11-3-2-10(13)12-5-8-15-9-6-12/h11H,2-9H2,1H3. The second kappa shape index (κ2) is 7.62. The summed E-state index contributed by atoms with van der Waals surface area (Å²) in [5, 5.41) is 3.15. The van der Waals surface area contributed by atoms with Crippen molar-refractivity contribution in [3.8, 4) is 0 Å². The molecule has 0 aromatic rings. The highest BCUT2D eigenvalue weighted by Crippen LogP contribution is 1.99. The summed E-state index contributed by atoms with van der Waals surface area (Å²) >= 11 is 0. The van der Waals surface area contributed by atoms with E-state index in [2.05, 4.69) is 5.32 Å². The fraction of sp³-hybridized carbons (Fsp3) is 0.900. The molecule has 1 aliphatic heterocycles. The number of hydrogen-bond acceptors (Lipinski definition) is 4. The minimum Gasteiger partial charge on any atom is -0.383 e. The van der Waals surface area contributed by atoms with Gasteiger partial charge in [-0.3, -0.25) is 4.79 Å². The minimum atomic E-state index is 0.211. The molecule has 5 heteroatoms. The Bertz CT molecular complexity index is 182. The molecule has 88 valence electrons. The van der Waals surface area contributed by atoms with E-state index in [4.69, 9.17) is 9.47 Å². The van der Waals surface area contributed by atoms with Crippen molar-refractivity contribution in [2.45, 2.75) is 6.42 Å². The lowest BCUT2D eigenvalue weighted by Gasteiger charge is -2.26. The lowest BCUT2D eigenvalue weighted by molar-refractivity contribution is -0.135. The van der Waals surface area contributed by atoms with Crippen LogP contribution in [0.4, 0.5) is 0 Å². The van der Waals surface area contributed by atoms with Gasteiger partial charge >= 0.3 is 0 Å². The van der Waals surface area contributed by atoms with E-state index in [-0.39, 0.29) is 5.91 Å². The largest absolute Gasteiger partial charge is 0.383 e. The fourth-order valence-corrected chi connectivity index (χ4v) is 1.47. The molecule has 1 heterocycles. The highest BCUT2D eigenvalue weighted by molar-refractivity contribution is 5.76. The van der Waals surface area contributed by atoms with Crippen LogP contribution in [-0.4, -0.2) is 63.9 Å². The van der Waals surface area contributed by atoms with Crippen LogP contribution in [-0.2, 0) is 14.3 Å². The first-order valence-corrected chi connectivity index (χ1v) is 5.40. The molecular weight excluding hydrogens is 196 g/mol. The Kier molecular flexibility index (Phi) is 6.31. The van der Waals surface area contributed by atoms with Gasteiger partial charge in [0.15, 0.2) is 0 Å². The molecule has 0 atom stereocenters. The van der Waals surface area contributed by atoms with E-state index in [1.807, 2.05) is 4.90 Å². The maximum atomic E-state index is 11.6. The maximum absolute atomic E-state index is 11.6. The summed E-state index contributed by atoms with van der Waals surface area (Å²) in [5.41, 5.74) is 0. The van der Waals surface area contributed by atoms with Crippen molar-refractivity contribution in [2.24, 2.45) is 0 Å². The number of morpholine rings is 1. The normalized spacial score (nSPS) is 16.7. The molecule has 1 N–H and O–H groups in total. The third-order valence-corrected chi connectivity index (χ3v) is 2.36. The van der Waals surface area contributed by atoms with Crippen molar-refractivity contribution in [2.75, 3.05) is 53.1 Å². The SMILES string of the molecule is COCCNCCC(=O)N1CCOCC1. The van der Waals surface area contributed by atoms with E-state index in [1.54, 1.807) is 7.11 Å². The summed E-state index contributed by atoms with van der Waals surface area (Å²) in [4.78, 5) is 13.5. The first kappa shape index (κ1) is 12.4. The Morgan fingerprint density at radius 2 is 2.13 bits per heavy atom. The number of carbonyl (C=O) groups excluding carboxylic acids is 1.